The molecule has 0 bridgehead atoms. The number of amides is 1. The molecular formula is C15H21BrN2O. The summed E-state index contributed by atoms with van der Waals surface area (Å²) in [6.07, 6.45) is 1.04. The molecule has 1 amide bonds. The van der Waals surface area contributed by atoms with E-state index in [4.69, 9.17) is 0 Å². The molecule has 4 heteroatoms. The van der Waals surface area contributed by atoms with Crippen molar-refractivity contribution in [3.8, 4) is 0 Å². The first kappa shape index (κ1) is 14.5. The third-order valence-electron chi connectivity index (χ3n) is 3.98. The van der Waals surface area contributed by atoms with E-state index < -0.39 is 5.41 Å². The summed E-state index contributed by atoms with van der Waals surface area (Å²) in [6.45, 7) is 5.89. The molecule has 3 nitrogen and oxygen atoms in total. The quantitative estimate of drug-likeness (QED) is 0.926. The van der Waals surface area contributed by atoms with Crippen LogP contribution in [0.25, 0.3) is 0 Å². The molecule has 1 heterocycles. The lowest BCUT2D eigenvalue weighted by Crippen LogP contribution is -2.47. The van der Waals surface area contributed by atoms with E-state index >= 15 is 0 Å². The van der Waals surface area contributed by atoms with Crippen molar-refractivity contribution in [1.29, 1.82) is 0 Å². The number of carbonyl (C=O) groups excluding carboxylic acids is 1. The molecule has 1 aliphatic rings. The average Bonchev–Trinajstić information content (AvgIpc) is 2.90. The Kier molecular flexibility index (Phi) is 4.31. The van der Waals surface area contributed by atoms with Crippen LogP contribution in [0.2, 0.25) is 0 Å². The number of carbonyl (C=O) groups is 1. The third kappa shape index (κ3) is 3.00. The Balaban J connectivity index is 2.20. The van der Waals surface area contributed by atoms with E-state index in [1.807, 2.05) is 50.1 Å². The van der Waals surface area contributed by atoms with Crippen molar-refractivity contribution in [2.45, 2.75) is 31.7 Å². The molecule has 1 saturated heterocycles. The Bertz CT molecular complexity index is 467. The van der Waals surface area contributed by atoms with Crippen LogP contribution in [0.1, 0.15) is 25.8 Å². The summed E-state index contributed by atoms with van der Waals surface area (Å²) in [7, 11) is 1.92. The number of nitrogens with zero attached hydrogens (tertiary/aromatic N) is 1. The molecule has 19 heavy (non-hydrogen) atoms. The molecular weight excluding hydrogens is 304 g/mol. The maximum Gasteiger partial charge on any atom is 0.232 e. The maximum absolute atomic E-state index is 12.7. The molecule has 2 rings (SSSR count). The summed E-state index contributed by atoms with van der Waals surface area (Å²) in [5.74, 6) is 0.180. The molecule has 1 N–H and O–H groups in total. The molecule has 1 aromatic carbocycles. The zero-order valence-corrected chi connectivity index (χ0v) is 13.3. The van der Waals surface area contributed by atoms with Crippen LogP contribution in [0.4, 0.5) is 0 Å². The molecule has 1 aromatic rings. The number of rotatable bonds is 3. The van der Waals surface area contributed by atoms with E-state index in [-0.39, 0.29) is 5.91 Å². The highest BCUT2D eigenvalue weighted by Gasteiger charge is 2.35. The number of nitrogens with one attached hydrogen (secondary N) is 1. The van der Waals surface area contributed by atoms with Gasteiger partial charge in [-0.25, -0.2) is 0 Å². The molecule has 1 unspecified atom stereocenters. The molecule has 1 aliphatic heterocycles. The SMILES string of the molecule is CN(C(=O)C(C)(C)c1cccc(Br)c1)C1CCNC1. The van der Waals surface area contributed by atoms with Crippen LogP contribution >= 0.6 is 15.9 Å². The molecule has 1 atom stereocenters. The number of likely N-dealkylation sites (N-methyl/N-ethyl adjacent to an activating group) is 1. The van der Waals surface area contributed by atoms with Gasteiger partial charge in [0.1, 0.15) is 0 Å². The third-order valence-corrected chi connectivity index (χ3v) is 4.48. The summed E-state index contributed by atoms with van der Waals surface area (Å²) in [6, 6.07) is 8.32. The second-order valence-electron chi connectivity index (χ2n) is 5.70. The molecule has 0 aromatic heterocycles. The smallest absolute Gasteiger partial charge is 0.232 e. The van der Waals surface area contributed by atoms with Crippen LogP contribution in [0.5, 0.6) is 0 Å². The molecule has 104 valence electrons. The first-order valence-corrected chi connectivity index (χ1v) is 7.46. The van der Waals surface area contributed by atoms with Crippen LogP contribution in [0.15, 0.2) is 28.7 Å². The van der Waals surface area contributed by atoms with Gasteiger partial charge >= 0.3 is 0 Å². The zero-order valence-electron chi connectivity index (χ0n) is 11.7. The topological polar surface area (TPSA) is 32.3 Å². The van der Waals surface area contributed by atoms with Gasteiger partial charge in [0.15, 0.2) is 0 Å². The van der Waals surface area contributed by atoms with E-state index in [0.29, 0.717) is 6.04 Å². The number of hydrogen-bond donors (Lipinski definition) is 1. The first-order chi connectivity index (χ1) is 8.93. The van der Waals surface area contributed by atoms with Crippen molar-refractivity contribution in [1.82, 2.24) is 10.2 Å². The second kappa shape index (κ2) is 5.63. The summed E-state index contributed by atoms with van der Waals surface area (Å²) >= 11 is 3.47. The first-order valence-electron chi connectivity index (χ1n) is 6.67. The minimum Gasteiger partial charge on any atom is -0.341 e. The van der Waals surface area contributed by atoms with Crippen LogP contribution in [-0.4, -0.2) is 37.0 Å². The van der Waals surface area contributed by atoms with Gasteiger partial charge in [0, 0.05) is 24.1 Å². The van der Waals surface area contributed by atoms with Crippen LogP contribution in [-0.2, 0) is 10.2 Å². The summed E-state index contributed by atoms with van der Waals surface area (Å²) < 4.78 is 1.01. The van der Waals surface area contributed by atoms with Gasteiger partial charge in [-0.2, -0.15) is 0 Å². The Morgan fingerprint density at radius 1 is 1.47 bits per heavy atom. The lowest BCUT2D eigenvalue weighted by Gasteiger charge is -2.33. The fourth-order valence-electron chi connectivity index (χ4n) is 2.58. The fraction of sp³-hybridized carbons (Fsp3) is 0.533. The Morgan fingerprint density at radius 2 is 2.21 bits per heavy atom. The van der Waals surface area contributed by atoms with E-state index in [9.17, 15) is 4.79 Å². The monoisotopic (exact) mass is 324 g/mol. The van der Waals surface area contributed by atoms with Gasteiger partial charge in [-0.3, -0.25) is 4.79 Å². The van der Waals surface area contributed by atoms with Gasteiger partial charge in [0.2, 0.25) is 5.91 Å². The van der Waals surface area contributed by atoms with Crippen LogP contribution < -0.4 is 5.32 Å². The highest BCUT2D eigenvalue weighted by molar-refractivity contribution is 9.10. The van der Waals surface area contributed by atoms with Crippen molar-refractivity contribution in [3.63, 3.8) is 0 Å². The highest BCUT2D eigenvalue weighted by atomic mass is 79.9. The second-order valence-corrected chi connectivity index (χ2v) is 6.61. The largest absolute Gasteiger partial charge is 0.341 e. The molecule has 0 spiro atoms. The van der Waals surface area contributed by atoms with Crippen molar-refractivity contribution in [2.75, 3.05) is 20.1 Å². The van der Waals surface area contributed by atoms with Crippen molar-refractivity contribution < 1.29 is 4.79 Å². The Hall–Kier alpha value is -0.870. The molecule has 0 radical (unpaired) electrons. The fourth-order valence-corrected chi connectivity index (χ4v) is 2.98. The lowest BCUT2D eigenvalue weighted by atomic mass is 9.83. The average molecular weight is 325 g/mol. The normalized spacial score (nSPS) is 19.5. The summed E-state index contributed by atoms with van der Waals surface area (Å²) in [5.41, 5.74) is 0.547. The lowest BCUT2D eigenvalue weighted by molar-refractivity contribution is -0.136. The molecule has 0 aliphatic carbocycles. The van der Waals surface area contributed by atoms with Gasteiger partial charge in [-0.05, 0) is 44.5 Å². The number of halogens is 1. The van der Waals surface area contributed by atoms with Crippen LogP contribution in [0.3, 0.4) is 0 Å². The summed E-state index contributed by atoms with van der Waals surface area (Å²) in [5, 5.41) is 3.31. The zero-order chi connectivity index (χ0) is 14.0. The van der Waals surface area contributed by atoms with Crippen LogP contribution in [0, 0.1) is 0 Å². The number of hydrogen-bond acceptors (Lipinski definition) is 2. The summed E-state index contributed by atoms with van der Waals surface area (Å²) in [4.78, 5) is 14.7. The number of benzene rings is 1. The predicted molar refractivity (Wildman–Crippen MR) is 81.2 cm³/mol. The van der Waals surface area contributed by atoms with E-state index in [1.165, 1.54) is 0 Å². The Labute approximate surface area is 123 Å². The maximum atomic E-state index is 12.7. The van der Waals surface area contributed by atoms with Gasteiger partial charge in [-0.1, -0.05) is 28.1 Å². The Morgan fingerprint density at radius 3 is 2.79 bits per heavy atom. The van der Waals surface area contributed by atoms with Crippen molar-refractivity contribution in [2.24, 2.45) is 0 Å². The van der Waals surface area contributed by atoms with Crippen molar-refractivity contribution >= 4 is 21.8 Å². The van der Waals surface area contributed by atoms with Gasteiger partial charge in [0.25, 0.3) is 0 Å². The molecule has 1 fully saturated rings. The standard InChI is InChI=1S/C15H21BrN2O/c1-15(2,11-5-4-6-12(16)9-11)14(19)18(3)13-7-8-17-10-13/h4-6,9,13,17H,7-8,10H2,1-3H3. The van der Waals surface area contributed by atoms with Gasteiger partial charge in [0.05, 0.1) is 5.41 Å². The van der Waals surface area contributed by atoms with E-state index in [0.717, 1.165) is 29.5 Å². The minimum atomic E-state index is -0.499. The minimum absolute atomic E-state index is 0.180. The van der Waals surface area contributed by atoms with E-state index in [2.05, 4.69) is 21.2 Å². The van der Waals surface area contributed by atoms with Gasteiger partial charge in [-0.15, -0.1) is 0 Å². The van der Waals surface area contributed by atoms with E-state index in [1.54, 1.807) is 0 Å². The highest BCUT2D eigenvalue weighted by Crippen LogP contribution is 2.28. The predicted octanol–water partition coefficient (Wildman–Crippen LogP) is 2.55. The van der Waals surface area contributed by atoms with Crippen molar-refractivity contribution in [3.05, 3.63) is 34.3 Å². The van der Waals surface area contributed by atoms with Gasteiger partial charge < -0.3 is 10.2 Å². The molecule has 0 saturated carbocycles.